The highest BCUT2D eigenvalue weighted by molar-refractivity contribution is 7.11. The zero-order chi connectivity index (χ0) is 13.2. The van der Waals surface area contributed by atoms with Crippen LogP contribution >= 0.6 is 22.9 Å². The summed E-state index contributed by atoms with van der Waals surface area (Å²) < 4.78 is 5.70. The van der Waals surface area contributed by atoms with E-state index in [9.17, 15) is 0 Å². The van der Waals surface area contributed by atoms with Crippen LogP contribution in [0.2, 0.25) is 5.02 Å². The maximum absolute atomic E-state index is 6.15. The van der Waals surface area contributed by atoms with Crippen LogP contribution in [0.5, 0.6) is 5.75 Å². The number of thiophene rings is 1. The third-order valence-corrected chi connectivity index (χ3v) is 4.45. The first kappa shape index (κ1) is 13.0. The van der Waals surface area contributed by atoms with Gasteiger partial charge in [-0.1, -0.05) is 11.6 Å². The Balaban J connectivity index is 1.67. The molecule has 2 heterocycles. The molecule has 1 aromatic carbocycles. The molecule has 2 nitrogen and oxygen atoms in total. The second-order valence-corrected chi connectivity index (χ2v) is 6.58. The second-order valence-electron chi connectivity index (χ2n) is 4.77. The smallest absolute Gasteiger partial charge is 0.127 e. The van der Waals surface area contributed by atoms with E-state index in [1.54, 1.807) is 0 Å². The van der Waals surface area contributed by atoms with Gasteiger partial charge in [0, 0.05) is 39.9 Å². The Labute approximate surface area is 122 Å². The number of benzene rings is 1. The monoisotopic (exact) mass is 293 g/mol. The van der Waals surface area contributed by atoms with Crippen LogP contribution in [-0.2, 0) is 19.5 Å². The van der Waals surface area contributed by atoms with Crippen LogP contribution in [0.25, 0.3) is 0 Å². The molecule has 1 aliphatic heterocycles. The van der Waals surface area contributed by atoms with Crippen molar-refractivity contribution in [1.82, 2.24) is 5.32 Å². The van der Waals surface area contributed by atoms with Crippen molar-refractivity contribution in [2.24, 2.45) is 0 Å². The van der Waals surface area contributed by atoms with Gasteiger partial charge in [-0.05, 0) is 36.8 Å². The first-order valence-electron chi connectivity index (χ1n) is 6.42. The van der Waals surface area contributed by atoms with Crippen molar-refractivity contribution in [1.29, 1.82) is 0 Å². The molecule has 1 aliphatic rings. The third kappa shape index (κ3) is 2.94. The lowest BCUT2D eigenvalue weighted by Gasteiger charge is -2.09. The molecule has 0 amide bonds. The summed E-state index contributed by atoms with van der Waals surface area (Å²) in [4.78, 5) is 2.71. The average Bonchev–Trinajstić information content (AvgIpc) is 2.98. The normalized spacial score (nSPS) is 13.4. The maximum Gasteiger partial charge on any atom is 0.127 e. The Hall–Kier alpha value is -1.03. The fourth-order valence-electron chi connectivity index (χ4n) is 2.38. The first-order valence-corrected chi connectivity index (χ1v) is 7.62. The van der Waals surface area contributed by atoms with E-state index in [1.807, 2.05) is 23.5 Å². The largest absolute Gasteiger partial charge is 0.493 e. The van der Waals surface area contributed by atoms with Crippen LogP contribution < -0.4 is 10.1 Å². The van der Waals surface area contributed by atoms with Crippen molar-refractivity contribution in [3.63, 3.8) is 0 Å². The molecule has 0 saturated heterocycles. The molecule has 0 unspecified atom stereocenters. The minimum absolute atomic E-state index is 0.771. The van der Waals surface area contributed by atoms with Gasteiger partial charge in [0.15, 0.2) is 0 Å². The Morgan fingerprint density at radius 3 is 3.00 bits per heavy atom. The third-order valence-electron chi connectivity index (χ3n) is 3.24. The lowest BCUT2D eigenvalue weighted by Crippen LogP contribution is -2.12. The van der Waals surface area contributed by atoms with Gasteiger partial charge in [-0.3, -0.25) is 0 Å². The molecule has 1 N–H and O–H groups in total. The Morgan fingerprint density at radius 1 is 1.32 bits per heavy atom. The second kappa shape index (κ2) is 5.53. The van der Waals surface area contributed by atoms with Crippen molar-refractivity contribution >= 4 is 22.9 Å². The number of nitrogens with one attached hydrogen (secondary N) is 1. The van der Waals surface area contributed by atoms with E-state index in [-0.39, 0.29) is 0 Å². The van der Waals surface area contributed by atoms with Crippen molar-refractivity contribution in [3.05, 3.63) is 50.2 Å². The fraction of sp³-hybridized carbons (Fsp3) is 0.333. The summed E-state index contributed by atoms with van der Waals surface area (Å²) in [6.45, 7) is 4.58. The number of hydrogen-bond acceptors (Lipinski definition) is 3. The Morgan fingerprint density at radius 2 is 2.21 bits per heavy atom. The molecule has 0 saturated carbocycles. The lowest BCUT2D eigenvalue weighted by molar-refractivity contribution is 0.352. The predicted molar refractivity (Wildman–Crippen MR) is 80.3 cm³/mol. The highest BCUT2D eigenvalue weighted by Gasteiger charge is 2.17. The lowest BCUT2D eigenvalue weighted by atomic mass is 10.1. The van der Waals surface area contributed by atoms with Crippen molar-refractivity contribution in [3.8, 4) is 5.75 Å². The van der Waals surface area contributed by atoms with Gasteiger partial charge in [0.25, 0.3) is 0 Å². The summed E-state index contributed by atoms with van der Waals surface area (Å²) in [5.41, 5.74) is 2.39. The quantitative estimate of drug-likeness (QED) is 0.922. The van der Waals surface area contributed by atoms with Crippen LogP contribution in [0.3, 0.4) is 0 Å². The molecular formula is C15H16ClNOS. The molecule has 3 rings (SSSR count). The molecule has 0 aliphatic carbocycles. The first-order chi connectivity index (χ1) is 9.22. The van der Waals surface area contributed by atoms with Crippen LogP contribution in [0.1, 0.15) is 20.9 Å². The molecule has 0 fully saturated rings. The topological polar surface area (TPSA) is 21.3 Å². The summed E-state index contributed by atoms with van der Waals surface area (Å²) in [5, 5.41) is 4.26. The molecular weight excluding hydrogens is 278 g/mol. The highest BCUT2D eigenvalue weighted by Crippen LogP contribution is 2.32. The van der Waals surface area contributed by atoms with Crippen molar-refractivity contribution in [2.45, 2.75) is 26.4 Å². The van der Waals surface area contributed by atoms with E-state index in [2.05, 4.69) is 24.4 Å². The van der Waals surface area contributed by atoms with E-state index in [0.29, 0.717) is 0 Å². The van der Waals surface area contributed by atoms with Crippen LogP contribution in [-0.4, -0.2) is 6.61 Å². The predicted octanol–water partition coefficient (Wildman–Crippen LogP) is 3.93. The van der Waals surface area contributed by atoms with E-state index in [1.165, 1.54) is 15.3 Å². The van der Waals surface area contributed by atoms with Crippen LogP contribution in [0.15, 0.2) is 24.3 Å². The number of hydrogen-bond donors (Lipinski definition) is 1. The van der Waals surface area contributed by atoms with Gasteiger partial charge in [0.1, 0.15) is 5.75 Å². The standard InChI is InChI=1S/C15H16ClNOS/c1-10-2-3-14(19-10)9-17-8-12-7-13(16)6-11-4-5-18-15(11)12/h2-3,6-7,17H,4-5,8-9H2,1H3. The Kier molecular flexibility index (Phi) is 3.78. The van der Waals surface area contributed by atoms with E-state index >= 15 is 0 Å². The van der Waals surface area contributed by atoms with Crippen molar-refractivity contribution in [2.75, 3.05) is 6.61 Å². The zero-order valence-corrected chi connectivity index (χ0v) is 12.4. The number of halogens is 1. The summed E-state index contributed by atoms with van der Waals surface area (Å²) in [6.07, 6.45) is 0.965. The molecule has 100 valence electrons. The molecule has 1 aromatic heterocycles. The molecule has 2 aromatic rings. The van der Waals surface area contributed by atoms with Crippen molar-refractivity contribution < 1.29 is 4.74 Å². The summed E-state index contributed by atoms with van der Waals surface area (Å²) >= 11 is 7.98. The summed E-state index contributed by atoms with van der Waals surface area (Å²) in [6, 6.07) is 8.34. The molecule has 0 radical (unpaired) electrons. The average molecular weight is 294 g/mol. The summed E-state index contributed by atoms with van der Waals surface area (Å²) in [5.74, 6) is 1.03. The van der Waals surface area contributed by atoms with Gasteiger partial charge >= 0.3 is 0 Å². The zero-order valence-electron chi connectivity index (χ0n) is 10.8. The minimum atomic E-state index is 0.771. The number of aryl methyl sites for hydroxylation is 1. The molecule has 0 bridgehead atoms. The van der Waals surface area contributed by atoms with Gasteiger partial charge < -0.3 is 10.1 Å². The molecule has 4 heteroatoms. The van der Waals surface area contributed by atoms with Gasteiger partial charge in [-0.15, -0.1) is 11.3 Å². The molecule has 0 atom stereocenters. The maximum atomic E-state index is 6.15. The van der Waals surface area contributed by atoms with E-state index < -0.39 is 0 Å². The van der Waals surface area contributed by atoms with E-state index in [0.717, 1.165) is 42.5 Å². The Bertz CT molecular complexity index is 594. The van der Waals surface area contributed by atoms with Crippen LogP contribution in [0.4, 0.5) is 0 Å². The highest BCUT2D eigenvalue weighted by atomic mass is 35.5. The fourth-order valence-corrected chi connectivity index (χ4v) is 3.50. The van der Waals surface area contributed by atoms with Gasteiger partial charge in [0.05, 0.1) is 6.61 Å². The van der Waals surface area contributed by atoms with Gasteiger partial charge in [0.2, 0.25) is 0 Å². The van der Waals surface area contributed by atoms with E-state index in [4.69, 9.17) is 16.3 Å². The number of ether oxygens (including phenoxy) is 1. The van der Waals surface area contributed by atoms with Gasteiger partial charge in [-0.25, -0.2) is 0 Å². The molecule has 0 spiro atoms. The molecule has 19 heavy (non-hydrogen) atoms. The van der Waals surface area contributed by atoms with Crippen LogP contribution in [0, 0.1) is 6.92 Å². The van der Waals surface area contributed by atoms with Gasteiger partial charge in [-0.2, -0.15) is 0 Å². The number of rotatable bonds is 4. The minimum Gasteiger partial charge on any atom is -0.493 e. The number of fused-ring (bicyclic) bond motifs is 1. The SMILES string of the molecule is Cc1ccc(CNCc2cc(Cl)cc3c2OCC3)s1. The summed E-state index contributed by atoms with van der Waals surface area (Å²) in [7, 11) is 0.